The predicted octanol–water partition coefficient (Wildman–Crippen LogP) is 2.52. The molecule has 6 heteroatoms. The Kier molecular flexibility index (Phi) is 3.02. The van der Waals surface area contributed by atoms with Crippen LogP contribution < -0.4 is 0 Å². The Morgan fingerprint density at radius 1 is 1.50 bits per heavy atom. The normalized spacial score (nSPS) is 11.9. The fourth-order valence-electron chi connectivity index (χ4n) is 1.88. The van der Waals surface area contributed by atoms with E-state index in [1.165, 1.54) is 0 Å². The van der Waals surface area contributed by atoms with Gasteiger partial charge in [0.05, 0.1) is 11.0 Å². The van der Waals surface area contributed by atoms with Crippen molar-refractivity contribution in [3.8, 4) is 0 Å². The quantitative estimate of drug-likeness (QED) is 0.881. The second-order valence-corrected chi connectivity index (χ2v) is 4.28. The third-order valence-corrected chi connectivity index (χ3v) is 2.54. The van der Waals surface area contributed by atoms with E-state index in [9.17, 15) is 13.6 Å². The highest BCUT2D eigenvalue weighted by molar-refractivity contribution is 5.76. The second-order valence-electron chi connectivity index (χ2n) is 4.28. The summed E-state index contributed by atoms with van der Waals surface area (Å²) >= 11 is 0. The number of aliphatic carboxylic acids is 1. The van der Waals surface area contributed by atoms with Crippen molar-refractivity contribution < 1.29 is 18.7 Å². The lowest BCUT2D eigenvalue weighted by molar-refractivity contribution is -0.144. The third kappa shape index (κ3) is 2.82. The maximum atomic E-state index is 13.4. The van der Waals surface area contributed by atoms with Crippen LogP contribution in [-0.2, 0) is 11.2 Å². The minimum absolute atomic E-state index is 0.386. The first-order valence-corrected chi connectivity index (χ1v) is 5.41. The molecule has 0 aliphatic heterocycles. The van der Waals surface area contributed by atoms with Crippen LogP contribution in [0.2, 0.25) is 0 Å². The molecule has 18 heavy (non-hydrogen) atoms. The number of rotatable bonds is 4. The van der Waals surface area contributed by atoms with Crippen molar-refractivity contribution >= 4 is 17.0 Å². The standard InChI is InChI=1S/C12H12F2N2O2/c1-7-15-9-3-2-8(4-10(9)16-7)5-12(13,14)6-11(17)18/h2-4H,5-6H2,1H3,(H,15,16)(H,17,18). The van der Waals surface area contributed by atoms with Gasteiger partial charge in [-0.3, -0.25) is 4.79 Å². The van der Waals surface area contributed by atoms with E-state index in [-0.39, 0.29) is 0 Å². The van der Waals surface area contributed by atoms with Crippen LogP contribution in [0.15, 0.2) is 18.2 Å². The van der Waals surface area contributed by atoms with Crippen LogP contribution in [0.1, 0.15) is 17.8 Å². The van der Waals surface area contributed by atoms with Crippen LogP contribution >= 0.6 is 0 Å². The Hall–Kier alpha value is -1.98. The number of halogens is 2. The average molecular weight is 254 g/mol. The minimum atomic E-state index is -3.24. The second kappa shape index (κ2) is 4.36. The molecule has 0 spiro atoms. The summed E-state index contributed by atoms with van der Waals surface area (Å²) in [5.74, 6) is -4.04. The number of hydrogen-bond acceptors (Lipinski definition) is 2. The lowest BCUT2D eigenvalue weighted by atomic mass is 10.0. The highest BCUT2D eigenvalue weighted by Crippen LogP contribution is 2.25. The summed E-state index contributed by atoms with van der Waals surface area (Å²) in [7, 11) is 0. The number of imidazole rings is 1. The van der Waals surface area contributed by atoms with E-state index in [1.807, 2.05) is 0 Å². The number of nitrogens with zero attached hydrogens (tertiary/aromatic N) is 1. The zero-order chi connectivity index (χ0) is 13.3. The number of aromatic nitrogens is 2. The van der Waals surface area contributed by atoms with Gasteiger partial charge in [-0.15, -0.1) is 0 Å². The van der Waals surface area contributed by atoms with Crippen LogP contribution in [0.5, 0.6) is 0 Å². The molecule has 2 N–H and O–H groups in total. The number of alkyl halides is 2. The topological polar surface area (TPSA) is 66.0 Å². The number of aromatic amines is 1. The van der Waals surface area contributed by atoms with E-state index >= 15 is 0 Å². The number of H-pyrrole nitrogens is 1. The van der Waals surface area contributed by atoms with E-state index in [2.05, 4.69) is 9.97 Å². The van der Waals surface area contributed by atoms with Gasteiger partial charge in [-0.25, -0.2) is 13.8 Å². The van der Waals surface area contributed by atoms with Crippen molar-refractivity contribution in [2.24, 2.45) is 0 Å². The average Bonchev–Trinajstić information content (AvgIpc) is 2.54. The molecular weight excluding hydrogens is 242 g/mol. The van der Waals surface area contributed by atoms with Crippen LogP contribution in [0.25, 0.3) is 11.0 Å². The Bertz CT molecular complexity index is 593. The fraction of sp³-hybridized carbons (Fsp3) is 0.333. The summed E-state index contributed by atoms with van der Waals surface area (Å²) in [5, 5.41) is 8.41. The number of carbonyl (C=O) groups is 1. The zero-order valence-corrected chi connectivity index (χ0v) is 9.70. The van der Waals surface area contributed by atoms with Crippen molar-refractivity contribution in [3.05, 3.63) is 29.6 Å². The number of nitrogens with one attached hydrogen (secondary N) is 1. The van der Waals surface area contributed by atoms with Crippen LogP contribution in [0, 0.1) is 6.92 Å². The molecule has 0 radical (unpaired) electrons. The van der Waals surface area contributed by atoms with Crippen molar-refractivity contribution in [1.82, 2.24) is 9.97 Å². The van der Waals surface area contributed by atoms with Gasteiger partial charge in [-0.05, 0) is 24.6 Å². The van der Waals surface area contributed by atoms with Crippen LogP contribution in [0.4, 0.5) is 8.78 Å². The monoisotopic (exact) mass is 254 g/mol. The number of aryl methyl sites for hydroxylation is 1. The molecule has 0 atom stereocenters. The van der Waals surface area contributed by atoms with E-state index in [0.29, 0.717) is 22.4 Å². The molecule has 4 nitrogen and oxygen atoms in total. The Labute approximate surface area is 102 Å². The summed E-state index contributed by atoms with van der Waals surface area (Å²) in [6.07, 6.45) is -1.75. The first-order valence-electron chi connectivity index (χ1n) is 5.41. The summed E-state index contributed by atoms with van der Waals surface area (Å²) in [6, 6.07) is 4.76. The van der Waals surface area contributed by atoms with E-state index in [4.69, 9.17) is 5.11 Å². The zero-order valence-electron chi connectivity index (χ0n) is 9.70. The lowest BCUT2D eigenvalue weighted by Crippen LogP contribution is -2.23. The van der Waals surface area contributed by atoms with Gasteiger partial charge in [-0.1, -0.05) is 6.07 Å². The van der Waals surface area contributed by atoms with E-state index < -0.39 is 24.7 Å². The molecule has 2 rings (SSSR count). The molecule has 0 aliphatic carbocycles. The molecule has 0 saturated carbocycles. The molecule has 1 aromatic heterocycles. The van der Waals surface area contributed by atoms with Crippen molar-refractivity contribution in [3.63, 3.8) is 0 Å². The summed E-state index contributed by atoms with van der Waals surface area (Å²) in [5.41, 5.74) is 1.77. The number of benzene rings is 1. The van der Waals surface area contributed by atoms with Gasteiger partial charge in [0.15, 0.2) is 0 Å². The van der Waals surface area contributed by atoms with Crippen molar-refractivity contribution in [2.45, 2.75) is 25.7 Å². The molecular formula is C12H12F2N2O2. The lowest BCUT2D eigenvalue weighted by Gasteiger charge is -2.13. The smallest absolute Gasteiger partial charge is 0.309 e. The maximum absolute atomic E-state index is 13.4. The van der Waals surface area contributed by atoms with Crippen molar-refractivity contribution in [1.29, 1.82) is 0 Å². The van der Waals surface area contributed by atoms with Gasteiger partial charge in [0.25, 0.3) is 5.92 Å². The highest BCUT2D eigenvalue weighted by atomic mass is 19.3. The van der Waals surface area contributed by atoms with Gasteiger partial charge >= 0.3 is 5.97 Å². The van der Waals surface area contributed by atoms with Crippen LogP contribution in [-0.4, -0.2) is 27.0 Å². The van der Waals surface area contributed by atoms with Gasteiger partial charge in [-0.2, -0.15) is 0 Å². The van der Waals surface area contributed by atoms with Gasteiger partial charge in [0.2, 0.25) is 0 Å². The Balaban J connectivity index is 2.23. The van der Waals surface area contributed by atoms with Gasteiger partial charge in [0.1, 0.15) is 12.2 Å². The molecule has 1 heterocycles. The van der Waals surface area contributed by atoms with E-state index in [0.717, 1.165) is 0 Å². The summed E-state index contributed by atoms with van der Waals surface area (Å²) in [4.78, 5) is 17.4. The first kappa shape index (κ1) is 12.5. The molecule has 0 bridgehead atoms. The van der Waals surface area contributed by atoms with Gasteiger partial charge in [0, 0.05) is 6.42 Å². The molecule has 0 saturated heterocycles. The third-order valence-electron chi connectivity index (χ3n) is 2.54. The summed E-state index contributed by atoms with van der Waals surface area (Å²) < 4.78 is 26.7. The fourth-order valence-corrected chi connectivity index (χ4v) is 1.88. The number of carboxylic acid groups (broad SMARTS) is 1. The van der Waals surface area contributed by atoms with Crippen molar-refractivity contribution in [2.75, 3.05) is 0 Å². The molecule has 2 aromatic rings. The maximum Gasteiger partial charge on any atom is 0.309 e. The number of carboxylic acids is 1. The van der Waals surface area contributed by atoms with E-state index in [1.54, 1.807) is 25.1 Å². The molecule has 1 aromatic carbocycles. The molecule has 0 unspecified atom stereocenters. The Morgan fingerprint density at radius 2 is 2.22 bits per heavy atom. The molecule has 96 valence electrons. The summed E-state index contributed by atoms with van der Waals surface area (Å²) in [6.45, 7) is 1.78. The first-order chi connectivity index (χ1) is 8.35. The molecule has 0 amide bonds. The SMILES string of the molecule is Cc1nc2ccc(CC(F)(F)CC(=O)O)cc2[nH]1. The molecule has 0 aliphatic rings. The largest absolute Gasteiger partial charge is 0.481 e. The van der Waals surface area contributed by atoms with Crippen LogP contribution in [0.3, 0.4) is 0 Å². The predicted molar refractivity (Wildman–Crippen MR) is 61.7 cm³/mol. The molecule has 0 fully saturated rings. The highest BCUT2D eigenvalue weighted by Gasteiger charge is 2.32. The minimum Gasteiger partial charge on any atom is -0.481 e. The van der Waals surface area contributed by atoms with Gasteiger partial charge < -0.3 is 10.1 Å². The Morgan fingerprint density at radius 3 is 2.89 bits per heavy atom. The number of hydrogen-bond donors (Lipinski definition) is 2. The number of fused-ring (bicyclic) bond motifs is 1.